The molecular formula is C20H22N2O3S. The number of hydrogen-bond donors (Lipinski definition) is 2. The van der Waals surface area contributed by atoms with E-state index in [2.05, 4.69) is 35.2 Å². The van der Waals surface area contributed by atoms with Crippen LogP contribution in [0.15, 0.2) is 42.5 Å². The lowest BCUT2D eigenvalue weighted by atomic mass is 10.1. The van der Waals surface area contributed by atoms with Crippen molar-refractivity contribution >= 4 is 21.6 Å². The number of aryl methyl sites for hydroxylation is 2. The number of carbonyl (C=O) groups excluding carboxylic acids is 1. The highest BCUT2D eigenvalue weighted by Gasteiger charge is 2.35. The molecule has 0 bridgehead atoms. The van der Waals surface area contributed by atoms with Crippen molar-refractivity contribution in [1.29, 1.82) is 0 Å². The first kappa shape index (κ1) is 17.1. The third kappa shape index (κ3) is 3.46. The van der Waals surface area contributed by atoms with Crippen LogP contribution in [-0.2, 0) is 16.4 Å². The summed E-state index contributed by atoms with van der Waals surface area (Å²) in [6.45, 7) is 2.07. The van der Waals surface area contributed by atoms with E-state index in [1.165, 1.54) is 16.7 Å². The molecule has 0 radical (unpaired) electrons. The summed E-state index contributed by atoms with van der Waals surface area (Å²) >= 11 is 0. The van der Waals surface area contributed by atoms with Crippen molar-refractivity contribution in [3.05, 3.63) is 64.7 Å². The van der Waals surface area contributed by atoms with Crippen molar-refractivity contribution < 1.29 is 13.2 Å². The number of fused-ring (bicyclic) bond motifs is 1. The Morgan fingerprint density at radius 2 is 1.77 bits per heavy atom. The zero-order chi connectivity index (χ0) is 18.3. The van der Waals surface area contributed by atoms with Crippen molar-refractivity contribution in [1.82, 2.24) is 5.32 Å². The van der Waals surface area contributed by atoms with Crippen molar-refractivity contribution in [2.45, 2.75) is 43.9 Å². The fraction of sp³-hybridized carbons (Fsp3) is 0.350. The molecule has 2 aliphatic carbocycles. The molecule has 2 N–H and O–H groups in total. The molecule has 0 aromatic heterocycles. The predicted molar refractivity (Wildman–Crippen MR) is 102 cm³/mol. The highest BCUT2D eigenvalue weighted by atomic mass is 32.2. The van der Waals surface area contributed by atoms with E-state index in [0.717, 1.165) is 25.7 Å². The second-order valence-electron chi connectivity index (χ2n) is 7.19. The molecule has 1 atom stereocenters. The fourth-order valence-electron chi connectivity index (χ4n) is 3.45. The van der Waals surface area contributed by atoms with Gasteiger partial charge >= 0.3 is 0 Å². The summed E-state index contributed by atoms with van der Waals surface area (Å²) in [6.07, 6.45) is 3.32. The van der Waals surface area contributed by atoms with E-state index in [0.29, 0.717) is 11.3 Å². The minimum absolute atomic E-state index is 0.0335. The van der Waals surface area contributed by atoms with Crippen LogP contribution in [0.4, 0.5) is 5.69 Å². The van der Waals surface area contributed by atoms with E-state index in [1.807, 2.05) is 0 Å². The Balaban J connectivity index is 1.43. The van der Waals surface area contributed by atoms with E-state index in [1.54, 1.807) is 24.3 Å². The maximum atomic E-state index is 12.5. The fourth-order valence-corrected chi connectivity index (χ4v) is 4.84. The van der Waals surface area contributed by atoms with Crippen molar-refractivity contribution in [2.75, 3.05) is 4.72 Å². The summed E-state index contributed by atoms with van der Waals surface area (Å²) in [6, 6.07) is 13.0. The molecule has 1 fully saturated rings. The minimum atomic E-state index is -3.28. The monoisotopic (exact) mass is 370 g/mol. The van der Waals surface area contributed by atoms with Crippen LogP contribution in [-0.4, -0.2) is 19.6 Å². The molecule has 0 spiro atoms. The van der Waals surface area contributed by atoms with Gasteiger partial charge in [-0.05, 0) is 68.0 Å². The van der Waals surface area contributed by atoms with Crippen LogP contribution in [0, 0.1) is 6.92 Å². The zero-order valence-electron chi connectivity index (χ0n) is 14.7. The summed E-state index contributed by atoms with van der Waals surface area (Å²) in [5.74, 6) is -0.139. The Labute approximate surface area is 153 Å². The van der Waals surface area contributed by atoms with Gasteiger partial charge in [0.05, 0.1) is 11.3 Å². The molecule has 2 aliphatic rings. The quantitative estimate of drug-likeness (QED) is 0.848. The first-order chi connectivity index (χ1) is 12.4. The molecule has 2 aromatic carbocycles. The van der Waals surface area contributed by atoms with Gasteiger partial charge in [-0.25, -0.2) is 8.42 Å². The molecule has 0 unspecified atom stereocenters. The lowest BCUT2D eigenvalue weighted by Gasteiger charge is -2.15. The lowest BCUT2D eigenvalue weighted by Crippen LogP contribution is -2.27. The van der Waals surface area contributed by atoms with E-state index in [-0.39, 0.29) is 17.2 Å². The SMILES string of the molecule is Cc1ccc2c(c1)CC[C@@H]2NC(=O)c1ccc(NS(=O)(=O)C2CC2)cc1. The third-order valence-electron chi connectivity index (χ3n) is 5.05. The summed E-state index contributed by atoms with van der Waals surface area (Å²) in [5.41, 5.74) is 4.76. The number of anilines is 1. The van der Waals surface area contributed by atoms with E-state index in [4.69, 9.17) is 0 Å². The number of amides is 1. The molecule has 4 rings (SSSR count). The number of hydrogen-bond acceptors (Lipinski definition) is 3. The molecule has 5 nitrogen and oxygen atoms in total. The van der Waals surface area contributed by atoms with Gasteiger partial charge in [0.2, 0.25) is 10.0 Å². The molecule has 1 amide bonds. The molecule has 26 heavy (non-hydrogen) atoms. The molecule has 136 valence electrons. The largest absolute Gasteiger partial charge is 0.345 e. The van der Waals surface area contributed by atoms with Gasteiger partial charge < -0.3 is 5.32 Å². The number of carbonyl (C=O) groups is 1. The number of nitrogens with one attached hydrogen (secondary N) is 2. The topological polar surface area (TPSA) is 75.3 Å². The van der Waals surface area contributed by atoms with Gasteiger partial charge in [0.15, 0.2) is 0 Å². The van der Waals surface area contributed by atoms with E-state index in [9.17, 15) is 13.2 Å². The molecular weight excluding hydrogens is 348 g/mol. The predicted octanol–water partition coefficient (Wildman–Crippen LogP) is 3.32. The number of sulfonamides is 1. The minimum Gasteiger partial charge on any atom is -0.345 e. The van der Waals surface area contributed by atoms with Crippen LogP contribution in [0.1, 0.15) is 52.4 Å². The van der Waals surface area contributed by atoms with Crippen LogP contribution in [0.2, 0.25) is 0 Å². The van der Waals surface area contributed by atoms with Crippen LogP contribution in [0.5, 0.6) is 0 Å². The van der Waals surface area contributed by atoms with E-state index < -0.39 is 10.0 Å². The highest BCUT2D eigenvalue weighted by molar-refractivity contribution is 7.93. The lowest BCUT2D eigenvalue weighted by molar-refractivity contribution is 0.0936. The molecule has 0 saturated heterocycles. The molecule has 1 saturated carbocycles. The maximum Gasteiger partial charge on any atom is 0.251 e. The Kier molecular flexibility index (Phi) is 4.23. The number of benzene rings is 2. The Morgan fingerprint density at radius 1 is 1.04 bits per heavy atom. The highest BCUT2D eigenvalue weighted by Crippen LogP contribution is 2.32. The van der Waals surface area contributed by atoms with Gasteiger partial charge in [0.1, 0.15) is 0 Å². The average Bonchev–Trinajstić information content (AvgIpc) is 3.39. The Bertz CT molecular complexity index is 948. The van der Waals surface area contributed by atoms with Gasteiger partial charge in [-0.15, -0.1) is 0 Å². The van der Waals surface area contributed by atoms with E-state index >= 15 is 0 Å². The van der Waals surface area contributed by atoms with Gasteiger partial charge in [-0.3, -0.25) is 9.52 Å². The van der Waals surface area contributed by atoms with Gasteiger partial charge in [0, 0.05) is 11.3 Å². The van der Waals surface area contributed by atoms with Crippen LogP contribution < -0.4 is 10.0 Å². The van der Waals surface area contributed by atoms with Crippen molar-refractivity contribution in [3.8, 4) is 0 Å². The molecule has 0 heterocycles. The Hall–Kier alpha value is -2.34. The maximum absolute atomic E-state index is 12.5. The standard InChI is InChI=1S/C20H22N2O3S/c1-13-2-10-18-15(12-13)5-11-19(18)21-20(23)14-3-6-16(7-4-14)22-26(24,25)17-8-9-17/h2-4,6-7,10,12,17,19,22H,5,8-9,11H2,1H3,(H,21,23)/t19-/m0/s1. The smallest absolute Gasteiger partial charge is 0.251 e. The van der Waals surface area contributed by atoms with Crippen molar-refractivity contribution in [3.63, 3.8) is 0 Å². The third-order valence-corrected chi connectivity index (χ3v) is 6.92. The second-order valence-corrected chi connectivity index (χ2v) is 9.15. The number of rotatable bonds is 5. The first-order valence-corrected chi connectivity index (χ1v) is 10.5. The summed E-state index contributed by atoms with van der Waals surface area (Å²) in [4.78, 5) is 12.5. The van der Waals surface area contributed by atoms with Gasteiger partial charge in [-0.2, -0.15) is 0 Å². The van der Waals surface area contributed by atoms with Crippen LogP contribution >= 0.6 is 0 Å². The molecule has 2 aromatic rings. The van der Waals surface area contributed by atoms with Crippen LogP contribution in [0.25, 0.3) is 0 Å². The summed E-state index contributed by atoms with van der Waals surface area (Å²) in [7, 11) is -3.28. The first-order valence-electron chi connectivity index (χ1n) is 8.94. The second kappa shape index (κ2) is 6.43. The van der Waals surface area contributed by atoms with Gasteiger partial charge in [0.25, 0.3) is 5.91 Å². The van der Waals surface area contributed by atoms with Crippen molar-refractivity contribution in [2.24, 2.45) is 0 Å². The normalized spacial score (nSPS) is 19.0. The summed E-state index contributed by atoms with van der Waals surface area (Å²) < 4.78 is 26.5. The zero-order valence-corrected chi connectivity index (χ0v) is 15.5. The van der Waals surface area contributed by atoms with Gasteiger partial charge in [-0.1, -0.05) is 23.8 Å². The summed E-state index contributed by atoms with van der Waals surface area (Å²) in [5, 5.41) is 2.82. The average molecular weight is 370 g/mol. The molecule has 6 heteroatoms. The van der Waals surface area contributed by atoms with Crippen LogP contribution in [0.3, 0.4) is 0 Å². The molecule has 0 aliphatic heterocycles. The Morgan fingerprint density at radius 3 is 2.46 bits per heavy atom.